The molecule has 1 aromatic heterocycles. The highest BCUT2D eigenvalue weighted by atomic mass is 16.5. The van der Waals surface area contributed by atoms with E-state index in [-0.39, 0.29) is 11.3 Å². The Kier molecular flexibility index (Phi) is 4.77. The van der Waals surface area contributed by atoms with Crippen LogP contribution in [0.1, 0.15) is 45.8 Å². The molecule has 116 valence electrons. The number of nitrogens with zero attached hydrogens (tertiary/aromatic N) is 3. The van der Waals surface area contributed by atoms with Crippen LogP contribution in [-0.4, -0.2) is 40.6 Å². The van der Waals surface area contributed by atoms with Crippen molar-refractivity contribution in [3.05, 3.63) is 23.4 Å². The summed E-state index contributed by atoms with van der Waals surface area (Å²) in [6, 6.07) is 0. The van der Waals surface area contributed by atoms with Crippen molar-refractivity contribution in [3.63, 3.8) is 0 Å². The summed E-state index contributed by atoms with van der Waals surface area (Å²) in [7, 11) is 0. The lowest BCUT2D eigenvalue weighted by Crippen LogP contribution is -2.34. The molecular formula is C15H24N4O2. The van der Waals surface area contributed by atoms with Gasteiger partial charge in [-0.1, -0.05) is 32.0 Å². The molecule has 2 heterocycles. The Balaban J connectivity index is 1.90. The number of carbonyl (C=O) groups is 1. The first-order valence-electron chi connectivity index (χ1n) is 7.32. The summed E-state index contributed by atoms with van der Waals surface area (Å²) in [5.41, 5.74) is 1.11. The second-order valence-electron chi connectivity index (χ2n) is 6.54. The van der Waals surface area contributed by atoms with E-state index in [1.165, 1.54) is 12.5 Å². The van der Waals surface area contributed by atoms with E-state index in [0.717, 1.165) is 25.3 Å². The van der Waals surface area contributed by atoms with Crippen LogP contribution in [-0.2, 0) is 16.8 Å². The average Bonchev–Trinajstić information content (AvgIpc) is 2.85. The smallest absolute Gasteiger partial charge is 0.232 e. The van der Waals surface area contributed by atoms with Crippen LogP contribution < -0.4 is 5.32 Å². The first-order valence-corrected chi connectivity index (χ1v) is 7.32. The first kappa shape index (κ1) is 15.7. The van der Waals surface area contributed by atoms with Crippen molar-refractivity contribution in [2.75, 3.05) is 19.6 Å². The normalized spacial score (nSPS) is 16.7. The zero-order valence-electron chi connectivity index (χ0n) is 13.3. The number of amides is 1. The first-order chi connectivity index (χ1) is 9.84. The van der Waals surface area contributed by atoms with Gasteiger partial charge in [-0.25, -0.2) is 0 Å². The third-order valence-electron chi connectivity index (χ3n) is 3.34. The van der Waals surface area contributed by atoms with E-state index in [1.807, 2.05) is 0 Å². The van der Waals surface area contributed by atoms with Gasteiger partial charge in [-0.3, -0.25) is 9.69 Å². The molecule has 6 nitrogen and oxygen atoms in total. The topological polar surface area (TPSA) is 71.3 Å². The van der Waals surface area contributed by atoms with Crippen molar-refractivity contribution in [1.29, 1.82) is 0 Å². The fourth-order valence-electron chi connectivity index (χ4n) is 2.21. The second-order valence-corrected chi connectivity index (χ2v) is 6.54. The minimum absolute atomic E-state index is 0.000936. The van der Waals surface area contributed by atoms with Crippen molar-refractivity contribution >= 4 is 5.91 Å². The van der Waals surface area contributed by atoms with Gasteiger partial charge >= 0.3 is 0 Å². The summed E-state index contributed by atoms with van der Waals surface area (Å²) in [4.78, 5) is 17.7. The van der Waals surface area contributed by atoms with Gasteiger partial charge in [0.1, 0.15) is 0 Å². The molecule has 0 atom stereocenters. The molecule has 1 aliphatic heterocycles. The van der Waals surface area contributed by atoms with Gasteiger partial charge < -0.3 is 9.84 Å². The Morgan fingerprint density at radius 3 is 2.86 bits per heavy atom. The molecule has 6 heteroatoms. The van der Waals surface area contributed by atoms with E-state index >= 15 is 0 Å². The van der Waals surface area contributed by atoms with E-state index < -0.39 is 0 Å². The van der Waals surface area contributed by atoms with E-state index in [9.17, 15) is 4.79 Å². The zero-order valence-corrected chi connectivity index (χ0v) is 13.3. The van der Waals surface area contributed by atoms with Crippen LogP contribution in [0.3, 0.4) is 0 Å². The maximum absolute atomic E-state index is 11.0. The van der Waals surface area contributed by atoms with Crippen LogP contribution >= 0.6 is 0 Å². The fourth-order valence-corrected chi connectivity index (χ4v) is 2.21. The predicted molar refractivity (Wildman–Crippen MR) is 79.7 cm³/mol. The van der Waals surface area contributed by atoms with E-state index in [1.54, 1.807) is 0 Å². The molecule has 0 aliphatic carbocycles. The molecule has 0 saturated carbocycles. The number of carbonyl (C=O) groups excluding carboxylic acids is 1. The summed E-state index contributed by atoms with van der Waals surface area (Å²) in [6.45, 7) is 10.8. The SMILES string of the molecule is CC(=O)NCC1=CCCN(Cc2noc(C(C)(C)C)n2)C1. The highest BCUT2D eigenvalue weighted by molar-refractivity contribution is 5.73. The number of hydrogen-bond acceptors (Lipinski definition) is 5. The Bertz CT molecular complexity index is 528. The molecule has 1 N–H and O–H groups in total. The van der Waals surface area contributed by atoms with Crippen molar-refractivity contribution < 1.29 is 9.32 Å². The van der Waals surface area contributed by atoms with Gasteiger partial charge in [0, 0.05) is 32.0 Å². The van der Waals surface area contributed by atoms with Crippen LogP contribution in [0.4, 0.5) is 0 Å². The summed E-state index contributed by atoms with van der Waals surface area (Å²) < 4.78 is 5.32. The van der Waals surface area contributed by atoms with Crippen LogP contribution in [0.25, 0.3) is 0 Å². The number of rotatable bonds is 4. The maximum Gasteiger partial charge on any atom is 0.232 e. The zero-order chi connectivity index (χ0) is 15.5. The van der Waals surface area contributed by atoms with Crippen LogP contribution in [0, 0.1) is 0 Å². The van der Waals surface area contributed by atoms with Crippen LogP contribution in [0.2, 0.25) is 0 Å². The monoisotopic (exact) mass is 292 g/mol. The van der Waals surface area contributed by atoms with Crippen molar-refractivity contribution in [1.82, 2.24) is 20.4 Å². The largest absolute Gasteiger partial charge is 0.353 e. The summed E-state index contributed by atoms with van der Waals surface area (Å²) >= 11 is 0. The molecule has 0 fully saturated rings. The quantitative estimate of drug-likeness (QED) is 0.854. The Morgan fingerprint density at radius 1 is 1.48 bits per heavy atom. The van der Waals surface area contributed by atoms with E-state index in [0.29, 0.717) is 19.0 Å². The summed E-state index contributed by atoms with van der Waals surface area (Å²) in [5, 5.41) is 6.90. The lowest BCUT2D eigenvalue weighted by molar-refractivity contribution is -0.118. The standard InChI is InChI=1S/C15H24N4O2/c1-11(20)16-8-12-6-5-7-19(9-12)10-13-17-14(21-18-13)15(2,3)4/h6H,5,7-10H2,1-4H3,(H,16,20). The summed E-state index contributed by atoms with van der Waals surface area (Å²) in [6.07, 6.45) is 3.18. The Hall–Kier alpha value is -1.69. The third kappa shape index (κ3) is 4.67. The molecule has 0 aromatic carbocycles. The lowest BCUT2D eigenvalue weighted by Gasteiger charge is -2.26. The molecule has 1 amide bonds. The minimum Gasteiger partial charge on any atom is -0.353 e. The molecule has 21 heavy (non-hydrogen) atoms. The highest BCUT2D eigenvalue weighted by Gasteiger charge is 2.23. The van der Waals surface area contributed by atoms with Gasteiger partial charge in [-0.15, -0.1) is 0 Å². The number of hydrogen-bond donors (Lipinski definition) is 1. The van der Waals surface area contributed by atoms with Crippen molar-refractivity contribution in [2.24, 2.45) is 0 Å². The Morgan fingerprint density at radius 2 is 2.24 bits per heavy atom. The summed E-state index contributed by atoms with van der Waals surface area (Å²) in [5.74, 6) is 1.39. The van der Waals surface area contributed by atoms with Gasteiger partial charge in [0.05, 0.1) is 6.54 Å². The second kappa shape index (κ2) is 6.39. The van der Waals surface area contributed by atoms with Crippen LogP contribution in [0.5, 0.6) is 0 Å². The molecule has 1 aliphatic rings. The number of nitrogens with one attached hydrogen (secondary N) is 1. The molecule has 0 bridgehead atoms. The van der Waals surface area contributed by atoms with Crippen LogP contribution in [0.15, 0.2) is 16.2 Å². The van der Waals surface area contributed by atoms with E-state index in [4.69, 9.17) is 4.52 Å². The molecule has 0 unspecified atom stereocenters. The van der Waals surface area contributed by atoms with E-state index in [2.05, 4.69) is 47.2 Å². The maximum atomic E-state index is 11.0. The van der Waals surface area contributed by atoms with Gasteiger partial charge in [-0.2, -0.15) is 4.98 Å². The molecular weight excluding hydrogens is 268 g/mol. The minimum atomic E-state index is -0.121. The number of aromatic nitrogens is 2. The molecule has 1 aromatic rings. The van der Waals surface area contributed by atoms with Crippen molar-refractivity contribution in [2.45, 2.75) is 46.1 Å². The average molecular weight is 292 g/mol. The van der Waals surface area contributed by atoms with Gasteiger partial charge in [-0.05, 0) is 12.0 Å². The molecule has 0 radical (unpaired) electrons. The fraction of sp³-hybridized carbons (Fsp3) is 0.667. The molecule has 2 rings (SSSR count). The van der Waals surface area contributed by atoms with Gasteiger partial charge in [0.15, 0.2) is 5.82 Å². The molecule has 0 spiro atoms. The third-order valence-corrected chi connectivity index (χ3v) is 3.34. The predicted octanol–water partition coefficient (Wildman–Crippen LogP) is 1.64. The highest BCUT2D eigenvalue weighted by Crippen LogP contribution is 2.20. The lowest BCUT2D eigenvalue weighted by atomic mass is 9.97. The molecule has 0 saturated heterocycles. The van der Waals surface area contributed by atoms with Gasteiger partial charge in [0.2, 0.25) is 11.8 Å². The van der Waals surface area contributed by atoms with Gasteiger partial charge in [0.25, 0.3) is 0 Å². The Labute approximate surface area is 125 Å². The van der Waals surface area contributed by atoms with Crippen molar-refractivity contribution in [3.8, 4) is 0 Å².